The maximum Gasteiger partial charge on any atom is 0.555 e. The third-order valence-electron chi connectivity index (χ3n) is 2.71. The van der Waals surface area contributed by atoms with Crippen LogP contribution in [-0.4, -0.2) is 12.5 Å². The lowest BCUT2D eigenvalue weighted by atomic mass is 10.1. The average molecular weight is 479 g/mol. The predicted molar refractivity (Wildman–Crippen MR) is 108 cm³/mol. The van der Waals surface area contributed by atoms with E-state index < -0.39 is 12.5 Å². The number of hydrogen-bond acceptors (Lipinski definition) is 2. The van der Waals surface area contributed by atoms with Crippen molar-refractivity contribution in [3.05, 3.63) is 71.8 Å². The molecule has 0 aliphatic rings. The second kappa shape index (κ2) is 8.56. The molecule has 0 spiro atoms. The van der Waals surface area contributed by atoms with Crippen LogP contribution in [0.2, 0.25) is 0 Å². The minimum absolute atomic E-state index is 0.215. The first-order chi connectivity index (χ1) is 11.2. The first-order valence-electron chi connectivity index (χ1n) is 6.52. The molecular formula is C14H10Cl6O2Si2. The van der Waals surface area contributed by atoms with E-state index in [2.05, 4.69) is 0 Å². The fourth-order valence-corrected chi connectivity index (χ4v) is 4.16. The first-order valence-corrected chi connectivity index (χ1v) is 16.4. The van der Waals surface area contributed by atoms with Crippen molar-refractivity contribution in [2.45, 2.75) is 0 Å². The zero-order valence-corrected chi connectivity index (χ0v) is 18.4. The zero-order chi connectivity index (χ0) is 17.8. The fraction of sp³-hybridized carbons (Fsp3) is 0. The zero-order valence-electron chi connectivity index (χ0n) is 11.9. The molecule has 0 aliphatic heterocycles. The molecule has 2 nitrogen and oxygen atoms in total. The molecule has 2 aromatic carbocycles. The maximum absolute atomic E-state index is 5.95. The van der Waals surface area contributed by atoms with Gasteiger partial charge in [-0.1, -0.05) is 127 Å². The van der Waals surface area contributed by atoms with E-state index in [1.165, 1.54) is 0 Å². The Hall–Kier alpha value is -0.0462. The van der Waals surface area contributed by atoms with Crippen molar-refractivity contribution in [1.29, 1.82) is 0 Å². The van der Waals surface area contributed by atoms with Crippen molar-refractivity contribution < 1.29 is 8.85 Å². The minimum atomic E-state index is -3.51. The molecule has 0 atom stereocenters. The molecule has 0 aromatic heterocycles. The molecular weight excluding hydrogens is 469 g/mol. The quantitative estimate of drug-likeness (QED) is 0.195. The van der Waals surface area contributed by atoms with Gasteiger partial charge in [-0.2, -0.15) is 0 Å². The summed E-state index contributed by atoms with van der Waals surface area (Å²) in [6, 6.07) is 18.1. The Balaban J connectivity index is 2.67. The topological polar surface area (TPSA) is 18.5 Å². The van der Waals surface area contributed by atoms with Gasteiger partial charge in [-0.25, -0.2) is 0 Å². The summed E-state index contributed by atoms with van der Waals surface area (Å²) in [5.41, 5.74) is 1.27. The van der Waals surface area contributed by atoms with Crippen molar-refractivity contribution in [1.82, 2.24) is 0 Å². The second-order valence-corrected chi connectivity index (χ2v) is 19.7. The minimum Gasteiger partial charge on any atom is -0.504 e. The van der Waals surface area contributed by atoms with E-state index in [4.69, 9.17) is 75.3 Å². The van der Waals surface area contributed by atoms with E-state index in [1.807, 2.05) is 36.4 Å². The molecule has 0 amide bonds. The van der Waals surface area contributed by atoms with Crippen LogP contribution in [0.1, 0.15) is 11.1 Å². The van der Waals surface area contributed by atoms with E-state index in [0.717, 1.165) is 0 Å². The van der Waals surface area contributed by atoms with Crippen molar-refractivity contribution >= 4 is 90.5 Å². The first kappa shape index (κ1) is 20.3. The number of rotatable bonds is 6. The molecule has 0 unspecified atom stereocenters. The van der Waals surface area contributed by atoms with Crippen LogP contribution in [0.25, 0.3) is 11.5 Å². The molecule has 0 heterocycles. The third-order valence-corrected chi connectivity index (χ3v) is 4.97. The molecule has 24 heavy (non-hydrogen) atoms. The molecule has 0 saturated heterocycles. The lowest BCUT2D eigenvalue weighted by Crippen LogP contribution is -2.20. The van der Waals surface area contributed by atoms with Crippen molar-refractivity contribution in [3.63, 3.8) is 0 Å². The van der Waals surface area contributed by atoms with Crippen LogP contribution < -0.4 is 0 Å². The molecule has 128 valence electrons. The van der Waals surface area contributed by atoms with Crippen molar-refractivity contribution in [3.8, 4) is 0 Å². The van der Waals surface area contributed by atoms with E-state index in [-0.39, 0.29) is 11.5 Å². The summed E-state index contributed by atoms with van der Waals surface area (Å²) in [6.45, 7) is 0. The van der Waals surface area contributed by atoms with Gasteiger partial charge in [0.05, 0.1) is 0 Å². The van der Waals surface area contributed by atoms with Gasteiger partial charge < -0.3 is 8.85 Å². The van der Waals surface area contributed by atoms with Gasteiger partial charge >= 0.3 is 12.5 Å². The van der Waals surface area contributed by atoms with E-state index in [0.29, 0.717) is 11.1 Å². The summed E-state index contributed by atoms with van der Waals surface area (Å²) in [4.78, 5) is 0. The Labute approximate surface area is 170 Å². The average Bonchev–Trinajstić information content (AvgIpc) is 2.50. The molecule has 0 aliphatic carbocycles. The van der Waals surface area contributed by atoms with Gasteiger partial charge in [0, 0.05) is 11.1 Å². The van der Waals surface area contributed by atoms with Gasteiger partial charge in [-0.05, 0) is 0 Å². The monoisotopic (exact) mass is 476 g/mol. The second-order valence-electron chi connectivity index (χ2n) is 4.49. The highest BCUT2D eigenvalue weighted by Crippen LogP contribution is 2.38. The summed E-state index contributed by atoms with van der Waals surface area (Å²) < 4.78 is 11.2. The third kappa shape index (κ3) is 6.69. The summed E-state index contributed by atoms with van der Waals surface area (Å²) in [5, 5.41) is 0. The Bertz CT molecular complexity index is 637. The highest BCUT2D eigenvalue weighted by atomic mass is 35.8. The largest absolute Gasteiger partial charge is 0.555 e. The van der Waals surface area contributed by atoms with Crippen molar-refractivity contribution in [2.24, 2.45) is 0 Å². The van der Waals surface area contributed by atoms with Crippen LogP contribution in [0.3, 0.4) is 0 Å². The normalized spacial score (nSPS) is 13.2. The van der Waals surface area contributed by atoms with Crippen LogP contribution in [0.4, 0.5) is 0 Å². The molecule has 2 rings (SSSR count). The van der Waals surface area contributed by atoms with E-state index >= 15 is 0 Å². The Morgan fingerprint density at radius 3 is 1.08 bits per heavy atom. The lowest BCUT2D eigenvalue weighted by Gasteiger charge is -2.23. The van der Waals surface area contributed by atoms with Crippen LogP contribution in [0.15, 0.2) is 60.7 Å². The molecule has 2 aromatic rings. The van der Waals surface area contributed by atoms with Crippen LogP contribution >= 0.6 is 66.5 Å². The van der Waals surface area contributed by atoms with Gasteiger partial charge in [0.15, 0.2) is 11.5 Å². The molecule has 10 heteroatoms. The highest BCUT2D eigenvalue weighted by molar-refractivity contribution is 7.62. The molecule has 0 saturated carbocycles. The Morgan fingerprint density at radius 2 is 0.833 bits per heavy atom. The number of halogens is 6. The lowest BCUT2D eigenvalue weighted by molar-refractivity contribution is 0.501. The van der Waals surface area contributed by atoms with Crippen LogP contribution in [0, 0.1) is 0 Å². The summed E-state index contributed by atoms with van der Waals surface area (Å²) >= 11 is 35.7. The number of benzene rings is 2. The summed E-state index contributed by atoms with van der Waals surface area (Å²) in [7, 11) is 0. The van der Waals surface area contributed by atoms with Gasteiger partial charge in [0.2, 0.25) is 0 Å². The maximum atomic E-state index is 5.95. The smallest absolute Gasteiger partial charge is 0.504 e. The van der Waals surface area contributed by atoms with Gasteiger partial charge in [0.25, 0.3) is 0 Å². The summed E-state index contributed by atoms with van der Waals surface area (Å²) in [6.07, 6.45) is -7.02. The van der Waals surface area contributed by atoms with Crippen molar-refractivity contribution in [2.75, 3.05) is 0 Å². The number of hydrogen-bond donors (Lipinski definition) is 0. The molecule has 0 bridgehead atoms. The van der Waals surface area contributed by atoms with Gasteiger partial charge in [-0.3, -0.25) is 0 Å². The standard InChI is InChI=1S/C14H10Cl6O2Si2/c15-23(16,17)21-13(11-7-3-1-4-8-11)14(22-24(18,19)20)12-9-5-2-6-10-12/h1-10H/b14-13-. The Kier molecular flexibility index (Phi) is 7.23. The fourth-order valence-electron chi connectivity index (χ4n) is 1.88. The highest BCUT2D eigenvalue weighted by Gasteiger charge is 2.37. The molecule has 0 fully saturated rings. The molecule has 0 N–H and O–H groups in total. The SMILES string of the molecule is Cl[Si](Cl)(Cl)O/C(=C(\O[Si](Cl)(Cl)Cl)c1ccccc1)c1ccccc1. The van der Waals surface area contributed by atoms with Gasteiger partial charge in [0.1, 0.15) is 0 Å². The van der Waals surface area contributed by atoms with Crippen LogP contribution in [0.5, 0.6) is 0 Å². The van der Waals surface area contributed by atoms with Crippen LogP contribution in [-0.2, 0) is 8.85 Å². The van der Waals surface area contributed by atoms with Gasteiger partial charge in [-0.15, -0.1) is 0 Å². The molecule has 0 radical (unpaired) electrons. The van der Waals surface area contributed by atoms with E-state index in [1.54, 1.807) is 24.3 Å². The summed E-state index contributed by atoms with van der Waals surface area (Å²) in [5.74, 6) is 0.430. The predicted octanol–water partition coefficient (Wildman–Crippen LogP) is 6.85. The van der Waals surface area contributed by atoms with E-state index in [9.17, 15) is 0 Å². The Morgan fingerprint density at radius 1 is 0.542 bits per heavy atom.